The first-order valence-corrected chi connectivity index (χ1v) is 2.32. The maximum absolute atomic E-state index is 9.75. The minimum absolute atomic E-state index is 0.169. The third-order valence-electron chi connectivity index (χ3n) is 0.853. The second kappa shape index (κ2) is 2.21. The Morgan fingerprint density at radius 2 is 2.44 bits per heavy atom. The van der Waals surface area contributed by atoms with Crippen LogP contribution in [0.5, 0.6) is 5.75 Å². The molecular formula is C5H4N2O2. The molecule has 0 spiro atoms. The molecule has 0 bridgehead atoms. The van der Waals surface area contributed by atoms with Gasteiger partial charge in [0.05, 0.1) is 0 Å². The van der Waals surface area contributed by atoms with Gasteiger partial charge in [0.2, 0.25) is 5.82 Å². The Morgan fingerprint density at radius 3 is 2.89 bits per heavy atom. The minimum atomic E-state index is -0.187. The van der Waals surface area contributed by atoms with Crippen LogP contribution in [0.25, 0.3) is 0 Å². The Labute approximate surface area is 51.1 Å². The molecule has 0 radical (unpaired) electrons. The van der Waals surface area contributed by atoms with Gasteiger partial charge in [0, 0.05) is 6.20 Å². The van der Waals surface area contributed by atoms with Crippen molar-refractivity contribution >= 4 is 5.82 Å². The number of nitrogens with zero attached hydrogens (tertiary/aromatic N) is 2. The van der Waals surface area contributed by atoms with Gasteiger partial charge >= 0.3 is 0 Å². The first kappa shape index (κ1) is 5.68. The predicted octanol–water partition coefficient (Wildman–Crippen LogP) is 1.19. The third kappa shape index (κ3) is 1.02. The summed E-state index contributed by atoms with van der Waals surface area (Å²) in [5.74, 6) is -0.356. The van der Waals surface area contributed by atoms with Gasteiger partial charge in [-0.15, -0.1) is 4.91 Å². The van der Waals surface area contributed by atoms with Crippen LogP contribution in [0.1, 0.15) is 0 Å². The van der Waals surface area contributed by atoms with Gasteiger partial charge in [-0.2, -0.15) is 0 Å². The van der Waals surface area contributed by atoms with Crippen LogP contribution in [0.4, 0.5) is 5.82 Å². The molecule has 1 aromatic rings. The van der Waals surface area contributed by atoms with E-state index in [0.29, 0.717) is 0 Å². The molecule has 9 heavy (non-hydrogen) atoms. The zero-order valence-electron chi connectivity index (χ0n) is 4.48. The molecule has 0 aromatic carbocycles. The van der Waals surface area contributed by atoms with Gasteiger partial charge in [-0.05, 0) is 17.3 Å². The van der Waals surface area contributed by atoms with E-state index >= 15 is 0 Å². The molecule has 46 valence electrons. The van der Waals surface area contributed by atoms with Crippen LogP contribution in [-0.2, 0) is 0 Å². The standard InChI is InChI=1S/C5H4N2O2/c8-4-2-1-3-6-5(4)7-9/h1-3,8H. The van der Waals surface area contributed by atoms with E-state index in [0.717, 1.165) is 0 Å². The highest BCUT2D eigenvalue weighted by Crippen LogP contribution is 2.20. The highest BCUT2D eigenvalue weighted by Gasteiger charge is 1.96. The van der Waals surface area contributed by atoms with Crippen LogP contribution < -0.4 is 0 Å². The van der Waals surface area contributed by atoms with E-state index in [2.05, 4.69) is 10.2 Å². The van der Waals surface area contributed by atoms with E-state index < -0.39 is 0 Å². The fourth-order valence-corrected chi connectivity index (χ4v) is 0.459. The van der Waals surface area contributed by atoms with Gasteiger partial charge < -0.3 is 5.11 Å². The molecule has 0 atom stereocenters. The quantitative estimate of drug-likeness (QED) is 0.572. The van der Waals surface area contributed by atoms with Crippen molar-refractivity contribution in [3.05, 3.63) is 23.2 Å². The van der Waals surface area contributed by atoms with Crippen LogP contribution >= 0.6 is 0 Å². The number of aromatic hydroxyl groups is 1. The predicted molar refractivity (Wildman–Crippen MR) is 31.4 cm³/mol. The van der Waals surface area contributed by atoms with E-state index in [1.807, 2.05) is 0 Å². The Balaban J connectivity index is 3.15. The zero-order chi connectivity index (χ0) is 6.69. The van der Waals surface area contributed by atoms with E-state index in [9.17, 15) is 4.91 Å². The van der Waals surface area contributed by atoms with Crippen LogP contribution in [0.2, 0.25) is 0 Å². The topological polar surface area (TPSA) is 62.5 Å². The molecule has 1 aromatic heterocycles. The summed E-state index contributed by atoms with van der Waals surface area (Å²) in [6.07, 6.45) is 1.39. The van der Waals surface area contributed by atoms with E-state index in [4.69, 9.17) is 5.11 Å². The lowest BCUT2D eigenvalue weighted by atomic mass is 10.4. The number of nitroso groups, excluding NO2 is 1. The summed E-state index contributed by atoms with van der Waals surface area (Å²) < 4.78 is 0. The molecule has 4 nitrogen and oxygen atoms in total. The molecular weight excluding hydrogens is 120 g/mol. The summed E-state index contributed by atoms with van der Waals surface area (Å²) in [6, 6.07) is 2.87. The maximum Gasteiger partial charge on any atom is 0.238 e. The third-order valence-corrected chi connectivity index (χ3v) is 0.853. The Morgan fingerprint density at radius 1 is 1.67 bits per heavy atom. The second-order valence-corrected chi connectivity index (χ2v) is 1.44. The zero-order valence-corrected chi connectivity index (χ0v) is 4.48. The van der Waals surface area contributed by atoms with Gasteiger partial charge in [-0.1, -0.05) is 0 Å². The maximum atomic E-state index is 9.75. The smallest absolute Gasteiger partial charge is 0.238 e. The second-order valence-electron chi connectivity index (χ2n) is 1.44. The summed E-state index contributed by atoms with van der Waals surface area (Å²) in [5.41, 5.74) is 0. The lowest BCUT2D eigenvalue weighted by molar-refractivity contribution is 0.474. The average Bonchev–Trinajstić information content (AvgIpc) is 1.89. The molecule has 0 fully saturated rings. The van der Waals surface area contributed by atoms with Crippen LogP contribution in [-0.4, -0.2) is 10.1 Å². The molecule has 0 aliphatic carbocycles. The molecule has 0 saturated carbocycles. The lowest BCUT2D eigenvalue weighted by Gasteiger charge is -1.88. The molecule has 0 saturated heterocycles. The minimum Gasteiger partial charge on any atom is -0.504 e. The van der Waals surface area contributed by atoms with E-state index in [1.54, 1.807) is 0 Å². The molecule has 0 aliphatic rings. The summed E-state index contributed by atoms with van der Waals surface area (Å²) in [7, 11) is 0. The van der Waals surface area contributed by atoms with Crippen molar-refractivity contribution in [1.29, 1.82) is 0 Å². The van der Waals surface area contributed by atoms with Crippen LogP contribution in [0.15, 0.2) is 23.5 Å². The van der Waals surface area contributed by atoms with Gasteiger partial charge in [0.15, 0.2) is 5.75 Å². The molecule has 1 heterocycles. The highest BCUT2D eigenvalue weighted by molar-refractivity contribution is 5.42. The monoisotopic (exact) mass is 124 g/mol. The average molecular weight is 124 g/mol. The van der Waals surface area contributed by atoms with E-state index in [1.165, 1.54) is 18.3 Å². The summed E-state index contributed by atoms with van der Waals surface area (Å²) >= 11 is 0. The fourth-order valence-electron chi connectivity index (χ4n) is 0.459. The van der Waals surface area contributed by atoms with Crippen molar-refractivity contribution in [2.45, 2.75) is 0 Å². The van der Waals surface area contributed by atoms with Crippen molar-refractivity contribution in [1.82, 2.24) is 4.98 Å². The van der Waals surface area contributed by atoms with Gasteiger partial charge in [-0.3, -0.25) is 0 Å². The molecule has 0 unspecified atom stereocenters. The molecule has 0 aliphatic heterocycles. The summed E-state index contributed by atoms with van der Waals surface area (Å²) in [5, 5.41) is 11.2. The first-order valence-electron chi connectivity index (χ1n) is 2.32. The largest absolute Gasteiger partial charge is 0.504 e. The normalized spacial score (nSPS) is 8.89. The molecule has 1 rings (SSSR count). The number of hydrogen-bond acceptors (Lipinski definition) is 4. The van der Waals surface area contributed by atoms with Crippen molar-refractivity contribution in [2.24, 2.45) is 5.18 Å². The summed E-state index contributed by atoms with van der Waals surface area (Å²) in [6.45, 7) is 0. The number of hydrogen-bond donors (Lipinski definition) is 1. The van der Waals surface area contributed by atoms with Crippen LogP contribution in [0, 0.1) is 4.91 Å². The summed E-state index contributed by atoms with van der Waals surface area (Å²) in [4.78, 5) is 13.2. The molecule has 1 N–H and O–H groups in total. The first-order chi connectivity index (χ1) is 4.34. The van der Waals surface area contributed by atoms with Crippen molar-refractivity contribution < 1.29 is 5.11 Å². The van der Waals surface area contributed by atoms with Crippen molar-refractivity contribution in [3.63, 3.8) is 0 Å². The van der Waals surface area contributed by atoms with Gasteiger partial charge in [0.25, 0.3) is 0 Å². The van der Waals surface area contributed by atoms with Crippen molar-refractivity contribution in [2.75, 3.05) is 0 Å². The number of pyridine rings is 1. The number of aromatic nitrogens is 1. The highest BCUT2D eigenvalue weighted by atomic mass is 16.3. The SMILES string of the molecule is O=Nc1ncccc1O. The Kier molecular flexibility index (Phi) is 1.40. The van der Waals surface area contributed by atoms with Gasteiger partial charge in [0.1, 0.15) is 0 Å². The van der Waals surface area contributed by atoms with Gasteiger partial charge in [-0.25, -0.2) is 4.98 Å². The lowest BCUT2D eigenvalue weighted by Crippen LogP contribution is -1.70. The Hall–Kier alpha value is -1.45. The fraction of sp³-hybridized carbons (Fsp3) is 0. The number of rotatable bonds is 1. The molecule has 0 amide bonds. The Bertz CT molecular complexity index is 224. The van der Waals surface area contributed by atoms with E-state index in [-0.39, 0.29) is 11.6 Å². The van der Waals surface area contributed by atoms with Crippen molar-refractivity contribution in [3.8, 4) is 5.75 Å². The van der Waals surface area contributed by atoms with Crippen LogP contribution in [0.3, 0.4) is 0 Å². The molecule has 4 heteroatoms.